The quantitative estimate of drug-likeness (QED) is 0.157. The number of benzene rings is 3. The molecule has 2 N–H and O–H groups in total. The van der Waals surface area contributed by atoms with Gasteiger partial charge in [-0.05, 0) is 82.6 Å². The molecule has 240 valence electrons. The summed E-state index contributed by atoms with van der Waals surface area (Å²) < 4.78 is 29.5. The lowest BCUT2D eigenvalue weighted by atomic mass is 9.89. The summed E-state index contributed by atoms with van der Waals surface area (Å²) in [5.74, 6) is 0.654. The van der Waals surface area contributed by atoms with E-state index in [1.165, 1.54) is 10.7 Å². The van der Waals surface area contributed by atoms with E-state index in [-0.39, 0.29) is 36.4 Å². The van der Waals surface area contributed by atoms with Crippen LogP contribution >= 0.6 is 0 Å². The largest absolute Gasteiger partial charge is 0.392 e. The molecule has 5 aromatic rings. The zero-order valence-corrected chi connectivity index (χ0v) is 26.9. The first-order valence-electron chi connectivity index (χ1n) is 15.9. The second-order valence-electron chi connectivity index (χ2n) is 12.0. The van der Waals surface area contributed by atoms with Gasteiger partial charge in [0.2, 0.25) is 15.9 Å². The monoisotopic (exact) mass is 646 g/mol. The smallest absolute Gasteiger partial charge is 0.243 e. The first kappa shape index (κ1) is 32.2. The van der Waals surface area contributed by atoms with Crippen molar-refractivity contribution in [1.29, 1.82) is 0 Å². The summed E-state index contributed by atoms with van der Waals surface area (Å²) in [6.07, 6.45) is 10.4. The zero-order chi connectivity index (χ0) is 32.6. The average Bonchev–Trinajstić information content (AvgIpc) is 3.13. The molecule has 0 spiro atoms. The van der Waals surface area contributed by atoms with E-state index in [0.717, 1.165) is 64.6 Å². The normalized spacial score (nSPS) is 13.8. The van der Waals surface area contributed by atoms with Crippen molar-refractivity contribution >= 4 is 21.7 Å². The first-order chi connectivity index (χ1) is 22.9. The van der Waals surface area contributed by atoms with Gasteiger partial charge >= 0.3 is 0 Å². The lowest BCUT2D eigenvalue weighted by molar-refractivity contribution is -0.120. The van der Waals surface area contributed by atoms with Gasteiger partial charge in [0.05, 0.1) is 11.5 Å². The molecule has 0 radical (unpaired) electrons. The Balaban J connectivity index is 1.18. The number of rotatable bonds is 11. The molecule has 47 heavy (non-hydrogen) atoms. The van der Waals surface area contributed by atoms with Crippen molar-refractivity contribution < 1.29 is 18.3 Å². The van der Waals surface area contributed by atoms with Gasteiger partial charge in [0.1, 0.15) is 5.82 Å². The number of hydrogen-bond acceptors (Lipinski definition) is 6. The van der Waals surface area contributed by atoms with E-state index < -0.39 is 10.0 Å². The molecule has 0 unspecified atom stereocenters. The van der Waals surface area contributed by atoms with Crippen LogP contribution in [-0.2, 0) is 34.5 Å². The SMILES string of the molecule is O=C(Nc1ccc(-c2ccc(CN(Cc3cccnc3)S(=O)(=O)c3ccc(-c4cccc(CO)c4)cc3)cc2)cn1)C1CCCCC1. The van der Waals surface area contributed by atoms with E-state index in [0.29, 0.717) is 5.82 Å². The number of anilines is 1. The summed E-state index contributed by atoms with van der Waals surface area (Å²) in [7, 11) is -3.87. The zero-order valence-electron chi connectivity index (χ0n) is 26.1. The van der Waals surface area contributed by atoms with Crippen LogP contribution in [0.3, 0.4) is 0 Å². The van der Waals surface area contributed by atoms with Gasteiger partial charge in [-0.1, -0.05) is 79.9 Å². The van der Waals surface area contributed by atoms with Crippen LogP contribution in [0.4, 0.5) is 5.82 Å². The minimum absolute atomic E-state index is 0.0452. The van der Waals surface area contributed by atoms with Crippen LogP contribution in [0.1, 0.15) is 48.8 Å². The van der Waals surface area contributed by atoms with Crippen molar-refractivity contribution in [2.45, 2.75) is 56.7 Å². The maximum Gasteiger partial charge on any atom is 0.243 e. The summed E-state index contributed by atoms with van der Waals surface area (Å²) in [5.41, 5.74) is 6.02. The van der Waals surface area contributed by atoms with Crippen molar-refractivity contribution in [2.75, 3.05) is 5.32 Å². The molecule has 8 nitrogen and oxygen atoms in total. The molecule has 1 aliphatic carbocycles. The lowest BCUT2D eigenvalue weighted by Gasteiger charge is -2.23. The third-order valence-corrected chi connectivity index (χ3v) is 10.5. The maximum atomic E-state index is 14.0. The second kappa shape index (κ2) is 14.8. The molecule has 1 fully saturated rings. The molecule has 0 aliphatic heterocycles. The van der Waals surface area contributed by atoms with E-state index >= 15 is 0 Å². The number of hydrogen-bond donors (Lipinski definition) is 2. The van der Waals surface area contributed by atoms with E-state index in [1.54, 1.807) is 48.9 Å². The average molecular weight is 647 g/mol. The highest BCUT2D eigenvalue weighted by atomic mass is 32.2. The Bertz CT molecular complexity index is 1890. The van der Waals surface area contributed by atoms with Crippen LogP contribution in [-0.4, -0.2) is 33.7 Å². The molecule has 9 heteroatoms. The van der Waals surface area contributed by atoms with Crippen molar-refractivity contribution in [3.8, 4) is 22.3 Å². The molecule has 3 aromatic carbocycles. The van der Waals surface area contributed by atoms with Crippen molar-refractivity contribution in [3.05, 3.63) is 132 Å². The first-order valence-corrected chi connectivity index (χ1v) is 17.4. The van der Waals surface area contributed by atoms with Crippen LogP contribution in [0.15, 0.2) is 121 Å². The Labute approximate surface area is 276 Å². The van der Waals surface area contributed by atoms with E-state index in [9.17, 15) is 18.3 Å². The number of nitrogens with one attached hydrogen (secondary N) is 1. The molecule has 6 rings (SSSR count). The molecule has 0 saturated heterocycles. The summed E-state index contributed by atoms with van der Waals surface area (Å²) in [6, 6.07) is 29.6. The number of sulfonamides is 1. The Morgan fingerprint density at radius 2 is 1.43 bits per heavy atom. The predicted molar refractivity (Wildman–Crippen MR) is 183 cm³/mol. The van der Waals surface area contributed by atoms with Gasteiger partial charge in [-0.2, -0.15) is 4.31 Å². The topological polar surface area (TPSA) is 112 Å². The van der Waals surface area contributed by atoms with Gasteiger partial charge in [-0.3, -0.25) is 9.78 Å². The van der Waals surface area contributed by atoms with Crippen LogP contribution in [0.5, 0.6) is 0 Å². The summed E-state index contributed by atoms with van der Waals surface area (Å²) >= 11 is 0. The maximum absolute atomic E-state index is 14.0. The second-order valence-corrected chi connectivity index (χ2v) is 13.9. The molecule has 2 aromatic heterocycles. The molecule has 1 aliphatic rings. The number of aliphatic hydroxyl groups is 1. The van der Waals surface area contributed by atoms with Crippen molar-refractivity contribution in [2.24, 2.45) is 5.92 Å². The molecule has 2 heterocycles. The van der Waals surface area contributed by atoms with Gasteiger partial charge in [0.25, 0.3) is 0 Å². The summed E-state index contributed by atoms with van der Waals surface area (Å²) in [6.45, 7) is 0.270. The lowest BCUT2D eigenvalue weighted by Crippen LogP contribution is -2.30. The fourth-order valence-electron chi connectivity index (χ4n) is 5.98. The molecule has 0 atom stereocenters. The minimum atomic E-state index is -3.87. The summed E-state index contributed by atoms with van der Waals surface area (Å²) in [4.78, 5) is 21.5. The fraction of sp³-hybridized carbons (Fsp3) is 0.237. The predicted octanol–water partition coefficient (Wildman–Crippen LogP) is 7.21. The van der Waals surface area contributed by atoms with E-state index in [2.05, 4.69) is 15.3 Å². The number of pyridine rings is 2. The van der Waals surface area contributed by atoms with Crippen molar-refractivity contribution in [3.63, 3.8) is 0 Å². The third kappa shape index (κ3) is 8.00. The molecule has 1 amide bonds. The number of carbonyl (C=O) groups is 1. The highest BCUT2D eigenvalue weighted by Gasteiger charge is 2.26. The number of aromatic nitrogens is 2. The van der Waals surface area contributed by atoms with Crippen LogP contribution in [0, 0.1) is 5.92 Å². The highest BCUT2D eigenvalue weighted by Crippen LogP contribution is 2.28. The Morgan fingerprint density at radius 1 is 0.745 bits per heavy atom. The number of carbonyl (C=O) groups excluding carboxylic acids is 1. The number of aliphatic hydroxyl groups excluding tert-OH is 1. The third-order valence-electron chi connectivity index (χ3n) is 8.65. The van der Waals surface area contributed by atoms with Crippen molar-refractivity contribution in [1.82, 2.24) is 14.3 Å². The van der Waals surface area contributed by atoms with Crippen LogP contribution in [0.2, 0.25) is 0 Å². The van der Waals surface area contributed by atoms with Crippen LogP contribution in [0.25, 0.3) is 22.3 Å². The number of amides is 1. The fourth-order valence-corrected chi connectivity index (χ4v) is 7.39. The van der Waals surface area contributed by atoms with E-state index in [4.69, 9.17) is 0 Å². The van der Waals surface area contributed by atoms with Gasteiger partial charge in [0.15, 0.2) is 0 Å². The van der Waals surface area contributed by atoms with E-state index in [1.807, 2.05) is 66.7 Å². The van der Waals surface area contributed by atoms with Gasteiger partial charge in [0, 0.05) is 43.2 Å². The number of nitrogens with zero attached hydrogens (tertiary/aromatic N) is 3. The highest BCUT2D eigenvalue weighted by molar-refractivity contribution is 7.89. The Morgan fingerprint density at radius 3 is 2.11 bits per heavy atom. The Kier molecular flexibility index (Phi) is 10.2. The van der Waals surface area contributed by atoms with Gasteiger partial charge < -0.3 is 10.4 Å². The molecular weight excluding hydrogens is 609 g/mol. The van der Waals surface area contributed by atoms with Gasteiger partial charge in [-0.15, -0.1) is 0 Å². The van der Waals surface area contributed by atoms with Gasteiger partial charge in [-0.25, -0.2) is 13.4 Å². The Hall–Kier alpha value is -4.70. The molecular formula is C38H38N4O4S. The summed E-state index contributed by atoms with van der Waals surface area (Å²) in [5, 5.41) is 12.5. The van der Waals surface area contributed by atoms with Crippen LogP contribution < -0.4 is 5.32 Å². The molecule has 1 saturated carbocycles. The minimum Gasteiger partial charge on any atom is -0.392 e. The standard InChI is InChI=1S/C38H38N4O4S/c43-27-29-6-4-10-34(22-29)31-15-18-36(19-16-31)47(45,46)42(26-30-7-5-21-39-23-30)25-28-11-13-32(14-12-28)35-17-20-37(40-24-35)41-38(44)33-8-2-1-3-9-33/h4-7,10-24,33,43H,1-3,8-9,25-27H2,(H,40,41,44). The molecule has 0 bridgehead atoms.